The molecule has 0 heterocycles. The molecule has 110 valence electrons. The molecule has 0 aromatic carbocycles. The smallest absolute Gasteiger partial charge is 0.221 e. The highest BCUT2D eigenvalue weighted by Crippen LogP contribution is 2.17. The standard InChI is InChI=1S/C15H27NO2S/c1-13(17)19-12-11-15(18)16-14-9-7-5-3-2-4-6-8-10-14/h14H,2-12H2,1H3,(H,16,18). The Kier molecular flexibility index (Phi) is 8.97. The van der Waals surface area contributed by atoms with Gasteiger partial charge in [-0.25, -0.2) is 0 Å². The fourth-order valence-electron chi connectivity index (χ4n) is 2.54. The van der Waals surface area contributed by atoms with E-state index < -0.39 is 0 Å². The van der Waals surface area contributed by atoms with Crippen molar-refractivity contribution in [2.75, 3.05) is 5.75 Å². The van der Waals surface area contributed by atoms with Crippen LogP contribution >= 0.6 is 11.8 Å². The zero-order chi connectivity index (χ0) is 13.9. The molecule has 1 rings (SSSR count). The first-order valence-electron chi connectivity index (χ1n) is 7.61. The Morgan fingerprint density at radius 2 is 1.53 bits per heavy atom. The SMILES string of the molecule is CC(=O)SCCC(=O)NC1CCCCCCCCC1. The molecule has 1 amide bonds. The zero-order valence-electron chi connectivity index (χ0n) is 12.1. The summed E-state index contributed by atoms with van der Waals surface area (Å²) in [4.78, 5) is 22.6. The molecule has 0 aliphatic heterocycles. The first-order chi connectivity index (χ1) is 9.18. The summed E-state index contributed by atoms with van der Waals surface area (Å²) in [6, 6.07) is 0.355. The number of nitrogens with one attached hydrogen (secondary N) is 1. The van der Waals surface area contributed by atoms with E-state index in [-0.39, 0.29) is 11.0 Å². The van der Waals surface area contributed by atoms with E-state index in [1.165, 1.54) is 56.7 Å². The van der Waals surface area contributed by atoms with Crippen LogP contribution in [0.5, 0.6) is 0 Å². The van der Waals surface area contributed by atoms with E-state index in [0.717, 1.165) is 12.8 Å². The Bertz CT molecular complexity index is 271. The molecule has 0 aromatic rings. The van der Waals surface area contributed by atoms with Crippen LogP contribution < -0.4 is 5.32 Å². The van der Waals surface area contributed by atoms with Crippen LogP contribution in [-0.4, -0.2) is 22.8 Å². The van der Waals surface area contributed by atoms with Gasteiger partial charge in [0.25, 0.3) is 0 Å². The normalized spacial score (nSPS) is 18.8. The highest BCUT2D eigenvalue weighted by atomic mass is 32.2. The van der Waals surface area contributed by atoms with Gasteiger partial charge in [-0.15, -0.1) is 0 Å². The Labute approximate surface area is 121 Å². The molecule has 1 aliphatic carbocycles. The van der Waals surface area contributed by atoms with Gasteiger partial charge in [0, 0.05) is 25.1 Å². The van der Waals surface area contributed by atoms with Crippen molar-refractivity contribution in [3.05, 3.63) is 0 Å². The molecule has 0 aromatic heterocycles. The van der Waals surface area contributed by atoms with Crippen molar-refractivity contribution in [1.82, 2.24) is 5.32 Å². The third-order valence-corrected chi connectivity index (χ3v) is 4.42. The molecule has 0 atom stereocenters. The minimum absolute atomic E-state index is 0.0893. The maximum atomic E-state index is 11.8. The lowest BCUT2D eigenvalue weighted by Crippen LogP contribution is -2.35. The monoisotopic (exact) mass is 285 g/mol. The number of carbonyl (C=O) groups is 2. The van der Waals surface area contributed by atoms with Crippen molar-refractivity contribution in [3.63, 3.8) is 0 Å². The molecule has 0 spiro atoms. The molecule has 1 N–H and O–H groups in total. The average Bonchev–Trinajstić information content (AvgIpc) is 2.36. The maximum Gasteiger partial charge on any atom is 0.221 e. The van der Waals surface area contributed by atoms with Crippen LogP contribution in [-0.2, 0) is 9.59 Å². The Morgan fingerprint density at radius 1 is 1.00 bits per heavy atom. The van der Waals surface area contributed by atoms with E-state index in [1.54, 1.807) is 6.92 Å². The van der Waals surface area contributed by atoms with Gasteiger partial charge in [0.1, 0.15) is 0 Å². The summed E-state index contributed by atoms with van der Waals surface area (Å²) in [6.07, 6.45) is 11.8. The van der Waals surface area contributed by atoms with Gasteiger partial charge in [-0.2, -0.15) is 0 Å². The van der Waals surface area contributed by atoms with Crippen molar-refractivity contribution in [2.45, 2.75) is 77.2 Å². The third kappa shape index (κ3) is 9.09. The molecule has 0 bridgehead atoms. The molecular weight excluding hydrogens is 258 g/mol. The van der Waals surface area contributed by atoms with E-state index in [0.29, 0.717) is 18.2 Å². The van der Waals surface area contributed by atoms with Gasteiger partial charge < -0.3 is 5.32 Å². The zero-order valence-corrected chi connectivity index (χ0v) is 12.9. The molecule has 1 aliphatic rings. The fourth-order valence-corrected chi connectivity index (χ4v) is 3.12. The van der Waals surface area contributed by atoms with E-state index in [4.69, 9.17) is 0 Å². The quantitative estimate of drug-likeness (QED) is 0.857. The van der Waals surface area contributed by atoms with Crippen LogP contribution in [0.15, 0.2) is 0 Å². The van der Waals surface area contributed by atoms with Crippen molar-refractivity contribution in [2.24, 2.45) is 0 Å². The molecule has 0 unspecified atom stereocenters. The summed E-state index contributed by atoms with van der Waals surface area (Å²) in [5.41, 5.74) is 0. The number of rotatable bonds is 4. The Morgan fingerprint density at radius 3 is 2.05 bits per heavy atom. The second-order valence-corrected chi connectivity index (χ2v) is 6.68. The topological polar surface area (TPSA) is 46.2 Å². The van der Waals surface area contributed by atoms with Gasteiger partial charge >= 0.3 is 0 Å². The average molecular weight is 285 g/mol. The van der Waals surface area contributed by atoms with E-state index in [9.17, 15) is 9.59 Å². The summed E-state index contributed by atoms with van der Waals surface area (Å²) in [5.74, 6) is 0.712. The lowest BCUT2D eigenvalue weighted by molar-refractivity contribution is -0.121. The highest BCUT2D eigenvalue weighted by Gasteiger charge is 2.13. The lowest BCUT2D eigenvalue weighted by atomic mass is 9.97. The minimum atomic E-state index is 0.0893. The maximum absolute atomic E-state index is 11.8. The summed E-state index contributed by atoms with van der Waals surface area (Å²) in [7, 11) is 0. The van der Waals surface area contributed by atoms with Crippen LogP contribution in [0.25, 0.3) is 0 Å². The van der Waals surface area contributed by atoms with E-state index in [2.05, 4.69) is 5.32 Å². The minimum Gasteiger partial charge on any atom is -0.353 e. The number of amides is 1. The second kappa shape index (κ2) is 10.3. The predicted octanol–water partition coefficient (Wildman–Crippen LogP) is 3.67. The number of thioether (sulfide) groups is 1. The fraction of sp³-hybridized carbons (Fsp3) is 0.867. The van der Waals surface area contributed by atoms with Gasteiger partial charge in [0.05, 0.1) is 0 Å². The van der Waals surface area contributed by atoms with E-state index in [1.807, 2.05) is 0 Å². The van der Waals surface area contributed by atoms with Crippen molar-refractivity contribution in [1.29, 1.82) is 0 Å². The van der Waals surface area contributed by atoms with Crippen LogP contribution in [0.3, 0.4) is 0 Å². The molecule has 0 radical (unpaired) electrons. The van der Waals surface area contributed by atoms with Crippen molar-refractivity contribution >= 4 is 22.8 Å². The van der Waals surface area contributed by atoms with Gasteiger partial charge in [-0.05, 0) is 12.8 Å². The lowest BCUT2D eigenvalue weighted by Gasteiger charge is -2.20. The molecule has 1 saturated carbocycles. The van der Waals surface area contributed by atoms with Gasteiger partial charge in [-0.1, -0.05) is 56.7 Å². The number of hydrogen-bond acceptors (Lipinski definition) is 3. The predicted molar refractivity (Wildman–Crippen MR) is 81.2 cm³/mol. The largest absolute Gasteiger partial charge is 0.353 e. The van der Waals surface area contributed by atoms with Gasteiger partial charge in [-0.3, -0.25) is 9.59 Å². The molecule has 19 heavy (non-hydrogen) atoms. The molecule has 0 saturated heterocycles. The third-order valence-electron chi connectivity index (χ3n) is 3.60. The number of hydrogen-bond donors (Lipinski definition) is 1. The summed E-state index contributed by atoms with van der Waals surface area (Å²) >= 11 is 1.24. The highest BCUT2D eigenvalue weighted by molar-refractivity contribution is 8.13. The summed E-state index contributed by atoms with van der Waals surface area (Å²) < 4.78 is 0. The first kappa shape index (κ1) is 16.5. The first-order valence-corrected chi connectivity index (χ1v) is 8.60. The van der Waals surface area contributed by atoms with Crippen LogP contribution in [0, 0.1) is 0 Å². The van der Waals surface area contributed by atoms with Crippen LogP contribution in [0.2, 0.25) is 0 Å². The van der Waals surface area contributed by atoms with Crippen LogP contribution in [0.4, 0.5) is 0 Å². The molecule has 1 fully saturated rings. The Balaban J connectivity index is 2.22. The summed E-state index contributed by atoms with van der Waals surface area (Å²) in [5, 5.41) is 3.23. The van der Waals surface area contributed by atoms with Crippen LogP contribution in [0.1, 0.15) is 71.1 Å². The van der Waals surface area contributed by atoms with Gasteiger partial charge in [0.15, 0.2) is 5.12 Å². The Hall–Kier alpha value is -0.510. The van der Waals surface area contributed by atoms with Gasteiger partial charge in [0.2, 0.25) is 5.91 Å². The van der Waals surface area contributed by atoms with Crippen molar-refractivity contribution in [3.8, 4) is 0 Å². The van der Waals surface area contributed by atoms with E-state index >= 15 is 0 Å². The molecule has 4 heteroatoms. The second-order valence-electron chi connectivity index (χ2n) is 5.41. The van der Waals surface area contributed by atoms with Crippen molar-refractivity contribution < 1.29 is 9.59 Å². The molecular formula is C15H27NO2S. The summed E-state index contributed by atoms with van der Waals surface area (Å²) in [6.45, 7) is 1.55. The number of carbonyl (C=O) groups excluding carboxylic acids is 2. The molecule has 3 nitrogen and oxygen atoms in total.